The van der Waals surface area contributed by atoms with Gasteiger partial charge in [-0.3, -0.25) is 14.2 Å². The minimum Gasteiger partial charge on any atom is -0.481 e. The molecule has 0 spiro atoms. The van der Waals surface area contributed by atoms with Crippen molar-refractivity contribution in [3.8, 4) is 11.4 Å². The second kappa shape index (κ2) is 8.78. The minimum absolute atomic E-state index is 0.0542. The van der Waals surface area contributed by atoms with Crippen molar-refractivity contribution in [2.24, 2.45) is 13.0 Å². The molecular formula is C21H20ClFN10O3. The molecule has 5 rings (SSSR count). The van der Waals surface area contributed by atoms with Crippen molar-refractivity contribution in [2.75, 3.05) is 11.1 Å². The van der Waals surface area contributed by atoms with Gasteiger partial charge in [0.2, 0.25) is 5.82 Å². The lowest BCUT2D eigenvalue weighted by Gasteiger charge is -2.36. The van der Waals surface area contributed by atoms with E-state index in [2.05, 4.69) is 35.7 Å². The smallest absolute Gasteiger partial charge is 0.306 e. The summed E-state index contributed by atoms with van der Waals surface area (Å²) < 4.78 is 16.1. The second-order valence-corrected chi connectivity index (χ2v) is 8.92. The Morgan fingerprint density at radius 1 is 1.33 bits per heavy atom. The van der Waals surface area contributed by atoms with Crippen molar-refractivity contribution < 1.29 is 14.3 Å². The highest BCUT2D eigenvalue weighted by molar-refractivity contribution is 6.35. The molecule has 1 aliphatic rings. The molecule has 1 atom stereocenters. The van der Waals surface area contributed by atoms with Crippen molar-refractivity contribution in [3.63, 3.8) is 0 Å². The Balaban J connectivity index is 1.63. The largest absolute Gasteiger partial charge is 0.481 e. The monoisotopic (exact) mass is 514 g/mol. The molecule has 1 aromatic carbocycles. The molecule has 0 aliphatic heterocycles. The van der Waals surface area contributed by atoms with Gasteiger partial charge in [-0.2, -0.15) is 4.80 Å². The van der Waals surface area contributed by atoms with Gasteiger partial charge in [0.05, 0.1) is 29.4 Å². The Morgan fingerprint density at radius 3 is 2.75 bits per heavy atom. The van der Waals surface area contributed by atoms with Gasteiger partial charge in [-0.05, 0) is 37.1 Å². The molecule has 1 fully saturated rings. The van der Waals surface area contributed by atoms with Crippen LogP contribution in [0.4, 0.5) is 16.0 Å². The summed E-state index contributed by atoms with van der Waals surface area (Å²) in [6, 6.07) is 1.26. The van der Waals surface area contributed by atoms with E-state index in [-0.39, 0.29) is 57.6 Å². The normalized spacial score (nSPS) is 18.1. The summed E-state index contributed by atoms with van der Waals surface area (Å²) in [5.41, 5.74) is 5.62. The molecule has 4 N–H and O–H groups in total. The van der Waals surface area contributed by atoms with Crippen LogP contribution < -0.4 is 16.6 Å². The van der Waals surface area contributed by atoms with Crippen molar-refractivity contribution in [1.82, 2.24) is 39.7 Å². The fourth-order valence-electron chi connectivity index (χ4n) is 4.29. The lowest BCUT2D eigenvalue weighted by molar-refractivity contribution is -0.146. The highest BCUT2D eigenvalue weighted by atomic mass is 35.5. The summed E-state index contributed by atoms with van der Waals surface area (Å²) in [6.07, 6.45) is 1.70. The van der Waals surface area contributed by atoms with Crippen LogP contribution in [0.2, 0.25) is 5.02 Å². The molecule has 1 saturated carbocycles. The summed E-state index contributed by atoms with van der Waals surface area (Å²) in [4.78, 5) is 38.9. The van der Waals surface area contributed by atoms with Crippen molar-refractivity contribution >= 4 is 40.1 Å². The molecular weight excluding hydrogens is 495 g/mol. The third kappa shape index (κ3) is 3.88. The van der Waals surface area contributed by atoms with Gasteiger partial charge >= 0.3 is 5.97 Å². The van der Waals surface area contributed by atoms with Gasteiger partial charge in [0, 0.05) is 6.04 Å². The van der Waals surface area contributed by atoms with Crippen LogP contribution in [-0.2, 0) is 11.8 Å². The van der Waals surface area contributed by atoms with E-state index in [1.165, 1.54) is 21.8 Å². The Kier molecular flexibility index (Phi) is 5.74. The maximum Gasteiger partial charge on any atom is 0.306 e. The third-order valence-corrected chi connectivity index (χ3v) is 6.48. The number of anilines is 2. The van der Waals surface area contributed by atoms with Crippen LogP contribution >= 0.6 is 11.6 Å². The number of nitrogens with two attached hydrogens (primary N) is 1. The molecule has 0 bridgehead atoms. The number of aryl methyl sites for hydroxylation is 1. The van der Waals surface area contributed by atoms with Crippen molar-refractivity contribution in [2.45, 2.75) is 31.8 Å². The molecule has 15 heteroatoms. The topological polar surface area (TPSA) is 180 Å². The first-order chi connectivity index (χ1) is 17.2. The molecule has 3 heterocycles. The molecule has 0 radical (unpaired) electrons. The zero-order valence-corrected chi connectivity index (χ0v) is 19.8. The number of hydrogen-bond acceptors (Lipinski definition) is 10. The molecule has 0 amide bonds. The van der Waals surface area contributed by atoms with Crippen molar-refractivity contribution in [3.05, 3.63) is 45.5 Å². The highest BCUT2D eigenvalue weighted by Gasteiger charge is 2.38. The zero-order chi connectivity index (χ0) is 25.7. The number of carboxylic acids is 1. The Morgan fingerprint density at radius 2 is 2.08 bits per heavy atom. The van der Waals surface area contributed by atoms with Crippen molar-refractivity contribution in [1.29, 1.82) is 0 Å². The summed E-state index contributed by atoms with van der Waals surface area (Å²) in [7, 11) is 1.59. The van der Waals surface area contributed by atoms with Gasteiger partial charge in [0.15, 0.2) is 0 Å². The first-order valence-electron chi connectivity index (χ1n) is 10.9. The number of tetrazole rings is 1. The molecule has 186 valence electrons. The van der Waals surface area contributed by atoms with E-state index in [0.717, 1.165) is 6.07 Å². The zero-order valence-electron chi connectivity index (χ0n) is 19.1. The SMILES string of the molecule is CC(Nc1ncnc(N)c1-c1nnn(C)n1)c1nc2c(F)ccc(Cl)c2c(=O)n1C1CC(C(=O)O)C1. The predicted octanol–water partition coefficient (Wildman–Crippen LogP) is 1.96. The minimum atomic E-state index is -0.942. The van der Waals surface area contributed by atoms with E-state index in [1.54, 1.807) is 14.0 Å². The van der Waals surface area contributed by atoms with Gasteiger partial charge in [-0.1, -0.05) is 11.6 Å². The Bertz CT molecular complexity index is 1570. The van der Waals surface area contributed by atoms with E-state index >= 15 is 0 Å². The van der Waals surface area contributed by atoms with Crippen LogP contribution in [0.25, 0.3) is 22.3 Å². The molecule has 3 aromatic heterocycles. The van der Waals surface area contributed by atoms with Crippen LogP contribution in [0, 0.1) is 11.7 Å². The van der Waals surface area contributed by atoms with E-state index < -0.39 is 35.3 Å². The van der Waals surface area contributed by atoms with Crippen LogP contribution in [0.1, 0.15) is 37.7 Å². The maximum atomic E-state index is 14.7. The first kappa shape index (κ1) is 23.5. The van der Waals surface area contributed by atoms with E-state index in [1.807, 2.05) is 0 Å². The molecule has 1 unspecified atom stereocenters. The maximum absolute atomic E-state index is 14.7. The fraction of sp³-hybridized carbons (Fsp3) is 0.333. The van der Waals surface area contributed by atoms with Gasteiger partial charge in [0.1, 0.15) is 40.7 Å². The highest BCUT2D eigenvalue weighted by Crippen LogP contribution is 2.39. The summed E-state index contributed by atoms with van der Waals surface area (Å²) in [6.45, 7) is 1.70. The lowest BCUT2D eigenvalue weighted by Crippen LogP contribution is -2.40. The first-order valence-corrected chi connectivity index (χ1v) is 11.3. The van der Waals surface area contributed by atoms with E-state index in [9.17, 15) is 19.1 Å². The number of aliphatic carboxylic acids is 1. The summed E-state index contributed by atoms with van der Waals surface area (Å²) >= 11 is 6.24. The molecule has 1 aliphatic carbocycles. The van der Waals surface area contributed by atoms with Crippen LogP contribution in [0.3, 0.4) is 0 Å². The molecule has 0 saturated heterocycles. The standard InChI is InChI=1S/C21H20ClFN10O3/c1-8(27-17-14(16(24)25-7-26-17)18-29-31-32(2)30-18)19-28-15-12(23)4-3-11(22)13(15)20(34)33(19)10-5-9(6-10)21(35)36/h3-4,7-10H,5-6H2,1-2H3,(H,35,36)(H3,24,25,26,27). The lowest BCUT2D eigenvalue weighted by atomic mass is 9.80. The number of aromatic nitrogens is 8. The molecule has 13 nitrogen and oxygen atoms in total. The number of carbonyl (C=O) groups is 1. The number of nitrogens with one attached hydrogen (secondary N) is 1. The van der Waals surface area contributed by atoms with E-state index in [4.69, 9.17) is 17.3 Å². The Hall–Kier alpha value is -4.20. The number of carboxylic acid groups (broad SMARTS) is 1. The second-order valence-electron chi connectivity index (χ2n) is 8.51. The summed E-state index contributed by atoms with van der Waals surface area (Å²) in [5.74, 6) is -1.55. The van der Waals surface area contributed by atoms with Crippen LogP contribution in [0.5, 0.6) is 0 Å². The quantitative estimate of drug-likeness (QED) is 0.342. The predicted molar refractivity (Wildman–Crippen MR) is 127 cm³/mol. The number of nitrogens with zero attached hydrogens (tertiary/aromatic N) is 8. The number of benzene rings is 1. The van der Waals surface area contributed by atoms with Gasteiger partial charge in [0.25, 0.3) is 5.56 Å². The third-order valence-electron chi connectivity index (χ3n) is 6.16. The average molecular weight is 515 g/mol. The molecule has 36 heavy (non-hydrogen) atoms. The Labute approximate surface area is 207 Å². The van der Waals surface area contributed by atoms with E-state index in [0.29, 0.717) is 0 Å². The average Bonchev–Trinajstić information content (AvgIpc) is 3.21. The fourth-order valence-corrected chi connectivity index (χ4v) is 4.52. The number of nitrogen functional groups attached to an aromatic ring is 1. The number of halogens is 2. The number of fused-ring (bicyclic) bond motifs is 1. The molecule has 4 aromatic rings. The number of rotatable bonds is 6. The van der Waals surface area contributed by atoms with Crippen LogP contribution in [0.15, 0.2) is 23.3 Å². The van der Waals surface area contributed by atoms with Gasteiger partial charge < -0.3 is 16.2 Å². The van der Waals surface area contributed by atoms with Gasteiger partial charge in [-0.15, -0.1) is 10.2 Å². The van der Waals surface area contributed by atoms with Gasteiger partial charge in [-0.25, -0.2) is 19.3 Å². The van der Waals surface area contributed by atoms with Crippen LogP contribution in [-0.4, -0.2) is 50.8 Å². The summed E-state index contributed by atoms with van der Waals surface area (Å²) in [5, 5.41) is 24.4. The number of hydrogen-bond donors (Lipinski definition) is 3.